The van der Waals surface area contributed by atoms with Crippen LogP contribution in [0.15, 0.2) is 30.5 Å². The first-order valence-electron chi connectivity index (χ1n) is 9.39. The molecule has 7 heteroatoms. The van der Waals surface area contributed by atoms with E-state index < -0.39 is 0 Å². The SMILES string of the molecule is CCC(Cc1ccc(F)cc1)NC(=O)N[C@@H]1CCO[C@H]1c1cn(C)nc1C. The van der Waals surface area contributed by atoms with Gasteiger partial charge in [0.1, 0.15) is 11.9 Å². The van der Waals surface area contributed by atoms with E-state index in [1.807, 2.05) is 27.1 Å². The molecule has 1 unspecified atom stereocenters. The predicted molar refractivity (Wildman–Crippen MR) is 101 cm³/mol. The minimum atomic E-state index is -0.254. The zero-order chi connectivity index (χ0) is 19.4. The number of benzene rings is 1. The first-order valence-corrected chi connectivity index (χ1v) is 9.39. The van der Waals surface area contributed by atoms with Crippen LogP contribution in [0.5, 0.6) is 0 Å². The lowest BCUT2D eigenvalue weighted by Crippen LogP contribution is -2.47. The second-order valence-electron chi connectivity index (χ2n) is 7.08. The molecule has 146 valence electrons. The molecule has 1 aliphatic rings. The van der Waals surface area contributed by atoms with E-state index in [-0.39, 0.29) is 30.0 Å². The molecule has 1 fully saturated rings. The summed E-state index contributed by atoms with van der Waals surface area (Å²) >= 11 is 0. The lowest BCUT2D eigenvalue weighted by atomic mass is 10.0. The van der Waals surface area contributed by atoms with E-state index in [9.17, 15) is 9.18 Å². The average molecular weight is 374 g/mol. The minimum Gasteiger partial charge on any atom is -0.371 e. The van der Waals surface area contributed by atoms with E-state index in [1.54, 1.807) is 16.8 Å². The topological polar surface area (TPSA) is 68.2 Å². The fourth-order valence-electron chi connectivity index (χ4n) is 3.54. The van der Waals surface area contributed by atoms with Crippen molar-refractivity contribution in [2.24, 2.45) is 7.05 Å². The second kappa shape index (κ2) is 8.52. The van der Waals surface area contributed by atoms with E-state index in [1.165, 1.54) is 12.1 Å². The molecule has 1 aromatic heterocycles. The Kier molecular flexibility index (Phi) is 6.11. The van der Waals surface area contributed by atoms with Crippen molar-refractivity contribution in [2.75, 3.05) is 6.61 Å². The Morgan fingerprint density at radius 2 is 2.15 bits per heavy atom. The summed E-state index contributed by atoms with van der Waals surface area (Å²) in [5, 5.41) is 10.4. The normalized spacial score (nSPS) is 20.4. The number of nitrogens with zero attached hydrogens (tertiary/aromatic N) is 2. The Labute approximate surface area is 159 Å². The van der Waals surface area contributed by atoms with Crippen LogP contribution in [0.3, 0.4) is 0 Å². The van der Waals surface area contributed by atoms with Gasteiger partial charge < -0.3 is 15.4 Å². The smallest absolute Gasteiger partial charge is 0.315 e. The highest BCUT2D eigenvalue weighted by Gasteiger charge is 2.33. The minimum absolute atomic E-state index is 0.0173. The van der Waals surface area contributed by atoms with Crippen molar-refractivity contribution in [3.63, 3.8) is 0 Å². The molecule has 1 aromatic carbocycles. The van der Waals surface area contributed by atoms with Gasteiger partial charge in [-0.25, -0.2) is 9.18 Å². The van der Waals surface area contributed by atoms with Crippen molar-refractivity contribution in [3.8, 4) is 0 Å². The van der Waals surface area contributed by atoms with Gasteiger partial charge in [0, 0.05) is 31.5 Å². The zero-order valence-corrected chi connectivity index (χ0v) is 16.0. The van der Waals surface area contributed by atoms with Gasteiger partial charge in [-0.05, 0) is 43.9 Å². The van der Waals surface area contributed by atoms with E-state index in [0.717, 1.165) is 29.7 Å². The van der Waals surface area contributed by atoms with E-state index in [2.05, 4.69) is 15.7 Å². The van der Waals surface area contributed by atoms with Gasteiger partial charge >= 0.3 is 6.03 Å². The Morgan fingerprint density at radius 3 is 2.78 bits per heavy atom. The highest BCUT2D eigenvalue weighted by atomic mass is 19.1. The third kappa shape index (κ3) is 4.86. The molecule has 3 atom stereocenters. The van der Waals surface area contributed by atoms with Gasteiger partial charge in [0.2, 0.25) is 0 Å². The maximum atomic E-state index is 13.1. The summed E-state index contributed by atoms with van der Waals surface area (Å²) in [5.74, 6) is -0.254. The quantitative estimate of drug-likeness (QED) is 0.817. The summed E-state index contributed by atoms with van der Waals surface area (Å²) in [6, 6.07) is 6.09. The molecule has 0 aliphatic carbocycles. The Balaban J connectivity index is 1.58. The Hall–Kier alpha value is -2.41. The number of carbonyl (C=O) groups is 1. The predicted octanol–water partition coefficient (Wildman–Crippen LogP) is 3.02. The summed E-state index contributed by atoms with van der Waals surface area (Å²) in [6.07, 6.45) is 3.98. The van der Waals surface area contributed by atoms with Crippen LogP contribution in [-0.4, -0.2) is 34.5 Å². The maximum absolute atomic E-state index is 13.1. The fourth-order valence-corrected chi connectivity index (χ4v) is 3.54. The summed E-state index contributed by atoms with van der Waals surface area (Å²) in [5.41, 5.74) is 2.93. The van der Waals surface area contributed by atoms with Crippen LogP contribution in [0, 0.1) is 12.7 Å². The lowest BCUT2D eigenvalue weighted by Gasteiger charge is -2.23. The molecular weight excluding hydrogens is 347 g/mol. The van der Waals surface area contributed by atoms with Crippen molar-refractivity contribution in [3.05, 3.63) is 53.1 Å². The van der Waals surface area contributed by atoms with Crippen LogP contribution in [-0.2, 0) is 18.2 Å². The molecule has 1 aliphatic heterocycles. The molecular formula is C20H27FN4O2. The lowest BCUT2D eigenvalue weighted by molar-refractivity contribution is 0.0992. The molecule has 0 radical (unpaired) electrons. The number of ether oxygens (including phenoxy) is 1. The van der Waals surface area contributed by atoms with Crippen molar-refractivity contribution >= 4 is 6.03 Å². The number of amides is 2. The van der Waals surface area contributed by atoms with Gasteiger partial charge in [0.25, 0.3) is 0 Å². The molecule has 2 amide bonds. The molecule has 2 aromatic rings. The summed E-state index contributed by atoms with van der Waals surface area (Å²) in [6.45, 7) is 4.58. The van der Waals surface area contributed by atoms with E-state index in [0.29, 0.717) is 13.0 Å². The first-order chi connectivity index (χ1) is 13.0. The third-order valence-corrected chi connectivity index (χ3v) is 4.99. The second-order valence-corrected chi connectivity index (χ2v) is 7.08. The van der Waals surface area contributed by atoms with E-state index >= 15 is 0 Å². The number of carbonyl (C=O) groups excluding carboxylic acids is 1. The number of nitrogens with one attached hydrogen (secondary N) is 2. The highest BCUT2D eigenvalue weighted by Crippen LogP contribution is 2.30. The standard InChI is InChI=1S/C20H27FN4O2/c1-4-16(11-14-5-7-15(21)8-6-14)22-20(26)23-18-9-10-27-19(18)17-12-25(3)24-13(17)2/h5-8,12,16,18-19H,4,9-11H2,1-3H3,(H2,22,23,26)/t16?,18-,19+/m1/s1. The summed E-state index contributed by atoms with van der Waals surface area (Å²) < 4.78 is 20.7. The van der Waals surface area contributed by atoms with Crippen molar-refractivity contribution in [1.82, 2.24) is 20.4 Å². The molecule has 2 N–H and O–H groups in total. The highest BCUT2D eigenvalue weighted by molar-refractivity contribution is 5.74. The monoisotopic (exact) mass is 374 g/mol. The Morgan fingerprint density at radius 1 is 1.41 bits per heavy atom. The van der Waals surface area contributed by atoms with Gasteiger partial charge in [-0.15, -0.1) is 0 Å². The fraction of sp³-hybridized carbons (Fsp3) is 0.500. The molecule has 3 rings (SSSR count). The van der Waals surface area contributed by atoms with Gasteiger partial charge in [-0.1, -0.05) is 19.1 Å². The Bertz CT molecular complexity index is 775. The molecule has 27 heavy (non-hydrogen) atoms. The largest absolute Gasteiger partial charge is 0.371 e. The van der Waals surface area contributed by atoms with Crippen molar-refractivity contribution < 1.29 is 13.9 Å². The number of rotatable bonds is 6. The first kappa shape index (κ1) is 19.4. The van der Waals surface area contributed by atoms with Crippen LogP contribution < -0.4 is 10.6 Å². The van der Waals surface area contributed by atoms with Crippen molar-refractivity contribution in [2.45, 2.75) is 51.3 Å². The van der Waals surface area contributed by atoms with Crippen LogP contribution in [0.25, 0.3) is 0 Å². The van der Waals surface area contributed by atoms with Crippen LogP contribution in [0.4, 0.5) is 9.18 Å². The molecule has 6 nitrogen and oxygen atoms in total. The maximum Gasteiger partial charge on any atom is 0.315 e. The number of hydrogen-bond acceptors (Lipinski definition) is 3. The number of aryl methyl sites for hydroxylation is 2. The molecule has 0 bridgehead atoms. The average Bonchev–Trinajstić information content (AvgIpc) is 3.21. The van der Waals surface area contributed by atoms with Crippen LogP contribution in [0.2, 0.25) is 0 Å². The summed E-state index contributed by atoms with van der Waals surface area (Å²) in [7, 11) is 1.88. The zero-order valence-electron chi connectivity index (χ0n) is 16.0. The molecule has 0 saturated carbocycles. The molecule has 0 spiro atoms. The van der Waals surface area contributed by atoms with Gasteiger partial charge in [0.15, 0.2) is 0 Å². The molecule has 2 heterocycles. The summed E-state index contributed by atoms with van der Waals surface area (Å²) in [4.78, 5) is 12.5. The number of aromatic nitrogens is 2. The third-order valence-electron chi connectivity index (χ3n) is 4.99. The molecule has 1 saturated heterocycles. The number of halogens is 1. The van der Waals surface area contributed by atoms with Gasteiger partial charge in [-0.2, -0.15) is 5.10 Å². The van der Waals surface area contributed by atoms with Crippen LogP contribution in [0.1, 0.15) is 42.7 Å². The van der Waals surface area contributed by atoms with Crippen molar-refractivity contribution in [1.29, 1.82) is 0 Å². The van der Waals surface area contributed by atoms with Crippen LogP contribution >= 0.6 is 0 Å². The number of hydrogen-bond donors (Lipinski definition) is 2. The number of urea groups is 1. The van der Waals surface area contributed by atoms with Gasteiger partial charge in [-0.3, -0.25) is 4.68 Å². The van der Waals surface area contributed by atoms with E-state index in [4.69, 9.17) is 4.74 Å². The van der Waals surface area contributed by atoms with Gasteiger partial charge in [0.05, 0.1) is 11.7 Å².